The zero-order valence-electron chi connectivity index (χ0n) is 9.19. The predicted molar refractivity (Wildman–Crippen MR) is 60.1 cm³/mol. The van der Waals surface area contributed by atoms with Crippen LogP contribution in [0.5, 0.6) is 0 Å². The molecule has 0 aliphatic carbocycles. The largest absolute Gasteiger partial charge is 0.462 e. The van der Waals surface area contributed by atoms with E-state index in [0.29, 0.717) is 18.1 Å². The molecule has 1 saturated heterocycles. The first-order valence-electron chi connectivity index (χ1n) is 5.64. The Bertz CT molecular complexity index is 334. The molecule has 1 atom stereocenters. The lowest BCUT2D eigenvalue weighted by atomic mass is 10.0. The van der Waals surface area contributed by atoms with Crippen molar-refractivity contribution in [3.8, 4) is 0 Å². The lowest BCUT2D eigenvalue weighted by Gasteiger charge is -2.22. The van der Waals surface area contributed by atoms with Crippen molar-refractivity contribution in [3.63, 3.8) is 0 Å². The first-order valence-corrected chi connectivity index (χ1v) is 5.64. The first-order chi connectivity index (χ1) is 7.86. The van der Waals surface area contributed by atoms with Crippen molar-refractivity contribution in [2.45, 2.75) is 12.8 Å². The van der Waals surface area contributed by atoms with Crippen molar-refractivity contribution in [1.29, 1.82) is 0 Å². The van der Waals surface area contributed by atoms with Crippen LogP contribution in [-0.4, -0.2) is 30.6 Å². The van der Waals surface area contributed by atoms with Crippen LogP contribution in [0.15, 0.2) is 24.5 Å². The van der Waals surface area contributed by atoms with Crippen molar-refractivity contribution in [3.05, 3.63) is 30.1 Å². The van der Waals surface area contributed by atoms with Crippen molar-refractivity contribution in [2.75, 3.05) is 19.7 Å². The first kappa shape index (κ1) is 11.1. The maximum Gasteiger partial charge on any atom is 0.339 e. The standard InChI is InChI=1S/C12H16N2O2/c15-12(11-4-2-6-14-8-11)16-9-10-3-1-5-13-7-10/h2,4,6,8,10,13H,1,3,5,7,9H2/t10-/m0/s1. The van der Waals surface area contributed by atoms with Crippen LogP contribution in [0.1, 0.15) is 23.2 Å². The summed E-state index contributed by atoms with van der Waals surface area (Å²) in [5, 5.41) is 3.29. The molecule has 0 bridgehead atoms. The van der Waals surface area contributed by atoms with Gasteiger partial charge in [-0.25, -0.2) is 4.79 Å². The Labute approximate surface area is 95.0 Å². The van der Waals surface area contributed by atoms with E-state index in [1.165, 1.54) is 6.20 Å². The second-order valence-corrected chi connectivity index (χ2v) is 4.05. The number of ether oxygens (including phenoxy) is 1. The Kier molecular flexibility index (Phi) is 3.88. The molecule has 0 unspecified atom stereocenters. The summed E-state index contributed by atoms with van der Waals surface area (Å²) < 4.78 is 5.25. The van der Waals surface area contributed by atoms with Crippen molar-refractivity contribution < 1.29 is 9.53 Å². The van der Waals surface area contributed by atoms with Crippen LogP contribution < -0.4 is 5.32 Å². The Hall–Kier alpha value is -1.42. The molecule has 0 amide bonds. The van der Waals surface area contributed by atoms with Crippen LogP contribution in [0.3, 0.4) is 0 Å². The molecule has 0 aromatic carbocycles. The average Bonchev–Trinajstić information content (AvgIpc) is 2.38. The van der Waals surface area contributed by atoms with Crippen LogP contribution in [0.2, 0.25) is 0 Å². The predicted octanol–water partition coefficient (Wildman–Crippen LogP) is 1.24. The van der Waals surface area contributed by atoms with Crippen LogP contribution in [-0.2, 0) is 4.74 Å². The van der Waals surface area contributed by atoms with Gasteiger partial charge < -0.3 is 10.1 Å². The highest BCUT2D eigenvalue weighted by atomic mass is 16.5. The summed E-state index contributed by atoms with van der Waals surface area (Å²) in [6, 6.07) is 3.45. The molecule has 1 aliphatic rings. The summed E-state index contributed by atoms with van der Waals surface area (Å²) in [6.45, 7) is 2.52. The number of nitrogens with zero attached hydrogens (tertiary/aromatic N) is 1. The van der Waals surface area contributed by atoms with Crippen LogP contribution in [0, 0.1) is 5.92 Å². The Morgan fingerprint density at radius 3 is 3.25 bits per heavy atom. The number of carbonyl (C=O) groups is 1. The third-order valence-corrected chi connectivity index (χ3v) is 2.75. The van der Waals surface area contributed by atoms with Gasteiger partial charge in [-0.3, -0.25) is 4.98 Å². The van der Waals surface area contributed by atoms with Gasteiger partial charge in [-0.15, -0.1) is 0 Å². The molecule has 0 saturated carbocycles. The highest BCUT2D eigenvalue weighted by Gasteiger charge is 2.15. The number of hydrogen-bond acceptors (Lipinski definition) is 4. The SMILES string of the molecule is O=C(OC[C@H]1CCCNC1)c1cccnc1. The van der Waals surface area contributed by atoms with Crippen molar-refractivity contribution >= 4 is 5.97 Å². The molecule has 1 aromatic rings. The number of esters is 1. The molecule has 2 heterocycles. The minimum absolute atomic E-state index is 0.279. The summed E-state index contributed by atoms with van der Waals surface area (Å²) in [4.78, 5) is 15.5. The van der Waals surface area contributed by atoms with Crippen LogP contribution in [0.25, 0.3) is 0 Å². The normalized spacial score (nSPS) is 20.4. The summed E-state index contributed by atoms with van der Waals surface area (Å²) in [5.74, 6) is 0.174. The maximum absolute atomic E-state index is 11.6. The molecule has 4 heteroatoms. The number of piperidine rings is 1. The third-order valence-electron chi connectivity index (χ3n) is 2.75. The van der Waals surface area contributed by atoms with Gasteiger partial charge in [0.2, 0.25) is 0 Å². The Balaban J connectivity index is 1.79. The van der Waals surface area contributed by atoms with Gasteiger partial charge in [0.05, 0.1) is 12.2 Å². The van der Waals surface area contributed by atoms with E-state index >= 15 is 0 Å². The fourth-order valence-electron chi connectivity index (χ4n) is 1.83. The molecular weight excluding hydrogens is 204 g/mol. The quantitative estimate of drug-likeness (QED) is 0.779. The molecule has 1 fully saturated rings. The molecule has 2 rings (SSSR count). The number of aromatic nitrogens is 1. The second kappa shape index (κ2) is 5.61. The zero-order valence-corrected chi connectivity index (χ0v) is 9.19. The van der Waals surface area contributed by atoms with Gasteiger partial charge in [0.15, 0.2) is 0 Å². The fourth-order valence-corrected chi connectivity index (χ4v) is 1.83. The number of pyridine rings is 1. The molecule has 16 heavy (non-hydrogen) atoms. The topological polar surface area (TPSA) is 51.2 Å². The molecule has 1 N–H and O–H groups in total. The van der Waals surface area contributed by atoms with Crippen molar-refractivity contribution in [1.82, 2.24) is 10.3 Å². The van der Waals surface area contributed by atoms with E-state index in [1.807, 2.05) is 0 Å². The van der Waals surface area contributed by atoms with E-state index in [-0.39, 0.29) is 5.97 Å². The molecular formula is C12H16N2O2. The van der Waals surface area contributed by atoms with Gasteiger partial charge in [0, 0.05) is 24.9 Å². The zero-order chi connectivity index (χ0) is 11.2. The van der Waals surface area contributed by atoms with E-state index in [9.17, 15) is 4.79 Å². The number of nitrogens with one attached hydrogen (secondary N) is 1. The maximum atomic E-state index is 11.6. The molecule has 0 radical (unpaired) electrons. The van der Waals surface area contributed by atoms with Gasteiger partial charge in [0.25, 0.3) is 0 Å². The second-order valence-electron chi connectivity index (χ2n) is 4.05. The highest BCUT2D eigenvalue weighted by Crippen LogP contribution is 2.11. The fraction of sp³-hybridized carbons (Fsp3) is 0.500. The number of carbonyl (C=O) groups excluding carboxylic acids is 1. The smallest absolute Gasteiger partial charge is 0.339 e. The van der Waals surface area contributed by atoms with Gasteiger partial charge in [-0.1, -0.05) is 0 Å². The lowest BCUT2D eigenvalue weighted by molar-refractivity contribution is 0.0420. The molecule has 0 spiro atoms. The van der Waals surface area contributed by atoms with Crippen molar-refractivity contribution in [2.24, 2.45) is 5.92 Å². The molecule has 4 nitrogen and oxygen atoms in total. The number of hydrogen-bond donors (Lipinski definition) is 1. The lowest BCUT2D eigenvalue weighted by Crippen LogP contribution is -2.32. The van der Waals surface area contributed by atoms with E-state index in [2.05, 4.69) is 10.3 Å². The number of rotatable bonds is 3. The van der Waals surface area contributed by atoms with E-state index in [0.717, 1.165) is 25.9 Å². The van der Waals surface area contributed by atoms with E-state index in [1.54, 1.807) is 18.3 Å². The molecule has 1 aromatic heterocycles. The average molecular weight is 220 g/mol. The molecule has 1 aliphatic heterocycles. The minimum atomic E-state index is -0.279. The summed E-state index contributed by atoms with van der Waals surface area (Å²) in [5.41, 5.74) is 0.520. The highest BCUT2D eigenvalue weighted by molar-refractivity contribution is 5.88. The van der Waals surface area contributed by atoms with Gasteiger partial charge in [-0.2, -0.15) is 0 Å². The summed E-state index contributed by atoms with van der Waals surface area (Å²) in [7, 11) is 0. The minimum Gasteiger partial charge on any atom is -0.462 e. The monoisotopic (exact) mass is 220 g/mol. The van der Waals surface area contributed by atoms with E-state index < -0.39 is 0 Å². The van der Waals surface area contributed by atoms with Crippen LogP contribution >= 0.6 is 0 Å². The summed E-state index contributed by atoms with van der Waals surface area (Å²) >= 11 is 0. The van der Waals surface area contributed by atoms with E-state index in [4.69, 9.17) is 4.74 Å². The van der Waals surface area contributed by atoms with Crippen LogP contribution in [0.4, 0.5) is 0 Å². The molecule has 86 valence electrons. The van der Waals surface area contributed by atoms with Gasteiger partial charge >= 0.3 is 5.97 Å². The van der Waals surface area contributed by atoms with Gasteiger partial charge in [-0.05, 0) is 31.5 Å². The Morgan fingerprint density at radius 2 is 2.56 bits per heavy atom. The summed E-state index contributed by atoms with van der Waals surface area (Å²) in [6.07, 6.45) is 5.46. The van der Waals surface area contributed by atoms with Gasteiger partial charge in [0.1, 0.15) is 0 Å². The Morgan fingerprint density at radius 1 is 1.62 bits per heavy atom. The third kappa shape index (κ3) is 3.03.